The molecule has 2 aromatic carbocycles. The number of carboxylic acids is 1. The van der Waals surface area contributed by atoms with Crippen LogP contribution in [0.4, 0.5) is 0 Å². The third-order valence-electron chi connectivity index (χ3n) is 6.04. The predicted octanol–water partition coefficient (Wildman–Crippen LogP) is 9.58. The van der Waals surface area contributed by atoms with Gasteiger partial charge in [-0.3, -0.25) is 4.79 Å². The van der Waals surface area contributed by atoms with Gasteiger partial charge < -0.3 is 5.11 Å². The maximum atomic E-state index is 10.3. The van der Waals surface area contributed by atoms with Crippen LogP contribution in [0.5, 0.6) is 0 Å². The van der Waals surface area contributed by atoms with E-state index in [1.165, 1.54) is 81.8 Å². The van der Waals surface area contributed by atoms with Crippen LogP contribution in [-0.4, -0.2) is 11.1 Å². The van der Waals surface area contributed by atoms with Gasteiger partial charge in [-0.15, -0.1) is 0 Å². The van der Waals surface area contributed by atoms with E-state index in [2.05, 4.69) is 79.7 Å². The Labute approximate surface area is 209 Å². The first-order chi connectivity index (χ1) is 16.7. The van der Waals surface area contributed by atoms with E-state index < -0.39 is 5.97 Å². The molecule has 0 aliphatic carbocycles. The van der Waals surface area contributed by atoms with Gasteiger partial charge in [0.1, 0.15) is 0 Å². The molecule has 2 heteroatoms. The highest BCUT2D eigenvalue weighted by Gasteiger charge is 1.96. The zero-order valence-electron chi connectivity index (χ0n) is 21.6. The topological polar surface area (TPSA) is 37.3 Å². The fourth-order valence-corrected chi connectivity index (χ4v) is 3.92. The van der Waals surface area contributed by atoms with Crippen molar-refractivity contribution in [3.63, 3.8) is 0 Å². The summed E-state index contributed by atoms with van der Waals surface area (Å²) in [6.07, 6.45) is 23.5. The highest BCUT2D eigenvalue weighted by atomic mass is 16.4. The van der Waals surface area contributed by atoms with E-state index in [9.17, 15) is 4.79 Å². The molecule has 0 atom stereocenters. The smallest absolute Gasteiger partial charge is 0.303 e. The molecule has 0 amide bonds. The van der Waals surface area contributed by atoms with Crippen molar-refractivity contribution in [2.24, 2.45) is 0 Å². The van der Waals surface area contributed by atoms with E-state index in [0.29, 0.717) is 6.42 Å². The summed E-state index contributed by atoms with van der Waals surface area (Å²) >= 11 is 0. The Bertz CT molecular complexity index is 682. The first kappa shape index (κ1) is 29.7. The SMILES string of the molecule is CCCCCCCC/C=C\CCCCCCCC(=O)O.c1ccc(CCc2ccccc2)cc1. The van der Waals surface area contributed by atoms with Crippen molar-refractivity contribution in [2.45, 2.75) is 110 Å². The van der Waals surface area contributed by atoms with Gasteiger partial charge in [0.2, 0.25) is 0 Å². The van der Waals surface area contributed by atoms with Crippen LogP contribution in [-0.2, 0) is 17.6 Å². The highest BCUT2D eigenvalue weighted by molar-refractivity contribution is 5.66. The van der Waals surface area contributed by atoms with Gasteiger partial charge in [-0.1, -0.05) is 131 Å². The Morgan fingerprint density at radius 1 is 0.618 bits per heavy atom. The zero-order valence-corrected chi connectivity index (χ0v) is 21.6. The molecule has 0 saturated heterocycles. The Hall–Kier alpha value is -2.35. The second-order valence-corrected chi connectivity index (χ2v) is 9.20. The molecule has 0 heterocycles. The van der Waals surface area contributed by atoms with Gasteiger partial charge >= 0.3 is 5.97 Å². The Balaban J connectivity index is 0.000000358. The molecule has 1 N–H and O–H groups in total. The molecule has 0 bridgehead atoms. The number of carbonyl (C=O) groups is 1. The van der Waals surface area contributed by atoms with E-state index in [1.54, 1.807) is 0 Å². The third kappa shape index (κ3) is 19.1. The fraction of sp³-hybridized carbons (Fsp3) is 0.531. The summed E-state index contributed by atoms with van der Waals surface area (Å²) in [4.78, 5) is 10.3. The van der Waals surface area contributed by atoms with Crippen LogP contribution in [0.1, 0.15) is 108 Å². The van der Waals surface area contributed by atoms with Gasteiger partial charge in [0.25, 0.3) is 0 Å². The number of carboxylic acid groups (broad SMARTS) is 1. The van der Waals surface area contributed by atoms with Gasteiger partial charge in [-0.2, -0.15) is 0 Å². The molecule has 0 radical (unpaired) electrons. The molecule has 2 aromatic rings. The minimum absolute atomic E-state index is 0.332. The second kappa shape index (κ2) is 22.4. The third-order valence-corrected chi connectivity index (χ3v) is 6.04. The molecule has 34 heavy (non-hydrogen) atoms. The number of hydrogen-bond donors (Lipinski definition) is 1. The van der Waals surface area contributed by atoms with Crippen molar-refractivity contribution >= 4 is 5.97 Å². The van der Waals surface area contributed by atoms with E-state index in [1.807, 2.05) is 0 Å². The van der Waals surface area contributed by atoms with Crippen molar-refractivity contribution < 1.29 is 9.90 Å². The Morgan fingerprint density at radius 3 is 1.47 bits per heavy atom. The average Bonchev–Trinajstić information content (AvgIpc) is 2.86. The maximum Gasteiger partial charge on any atom is 0.303 e. The van der Waals surface area contributed by atoms with Gasteiger partial charge in [-0.25, -0.2) is 0 Å². The number of benzene rings is 2. The average molecular weight is 465 g/mol. The fourth-order valence-electron chi connectivity index (χ4n) is 3.92. The molecule has 0 unspecified atom stereocenters. The lowest BCUT2D eigenvalue weighted by Crippen LogP contribution is -1.93. The summed E-state index contributed by atoms with van der Waals surface area (Å²) in [5.41, 5.74) is 2.83. The molecular weight excluding hydrogens is 416 g/mol. The van der Waals surface area contributed by atoms with Crippen LogP contribution in [0.2, 0.25) is 0 Å². The summed E-state index contributed by atoms with van der Waals surface area (Å²) in [5.74, 6) is -0.664. The lowest BCUT2D eigenvalue weighted by atomic mass is 10.0. The molecule has 0 aliphatic heterocycles. The van der Waals surface area contributed by atoms with Crippen LogP contribution >= 0.6 is 0 Å². The first-order valence-electron chi connectivity index (χ1n) is 13.7. The van der Waals surface area contributed by atoms with E-state index >= 15 is 0 Å². The van der Waals surface area contributed by atoms with Crippen molar-refractivity contribution in [3.05, 3.63) is 83.9 Å². The number of unbranched alkanes of at least 4 members (excludes halogenated alkanes) is 11. The monoisotopic (exact) mass is 464 g/mol. The van der Waals surface area contributed by atoms with Crippen LogP contribution in [0, 0.1) is 0 Å². The Morgan fingerprint density at radius 2 is 1.03 bits per heavy atom. The molecule has 2 rings (SSSR count). The van der Waals surface area contributed by atoms with Gasteiger partial charge in [0.15, 0.2) is 0 Å². The number of allylic oxidation sites excluding steroid dienone is 2. The van der Waals surface area contributed by atoms with Crippen molar-refractivity contribution in [3.8, 4) is 0 Å². The number of hydrogen-bond acceptors (Lipinski definition) is 1. The van der Waals surface area contributed by atoms with Crippen LogP contribution in [0.25, 0.3) is 0 Å². The minimum atomic E-state index is -0.664. The zero-order chi connectivity index (χ0) is 24.5. The highest BCUT2D eigenvalue weighted by Crippen LogP contribution is 2.10. The number of aryl methyl sites for hydroxylation is 2. The molecular formula is C32H48O2. The molecule has 0 aromatic heterocycles. The largest absolute Gasteiger partial charge is 0.481 e. The van der Waals surface area contributed by atoms with Crippen molar-refractivity contribution in [2.75, 3.05) is 0 Å². The van der Waals surface area contributed by atoms with Gasteiger partial charge in [0, 0.05) is 6.42 Å². The molecule has 0 fully saturated rings. The normalized spacial score (nSPS) is 10.7. The molecule has 2 nitrogen and oxygen atoms in total. The maximum absolute atomic E-state index is 10.3. The number of aliphatic carboxylic acids is 1. The summed E-state index contributed by atoms with van der Waals surface area (Å²) in [6.45, 7) is 2.26. The quantitative estimate of drug-likeness (QED) is 0.176. The van der Waals surface area contributed by atoms with E-state index in [0.717, 1.165) is 25.7 Å². The lowest BCUT2D eigenvalue weighted by Gasteiger charge is -2.01. The lowest BCUT2D eigenvalue weighted by molar-refractivity contribution is -0.137. The van der Waals surface area contributed by atoms with Gasteiger partial charge in [-0.05, 0) is 56.1 Å². The molecule has 0 aliphatic rings. The summed E-state index contributed by atoms with van der Waals surface area (Å²) in [7, 11) is 0. The summed E-state index contributed by atoms with van der Waals surface area (Å²) in [6, 6.07) is 21.2. The van der Waals surface area contributed by atoms with Crippen LogP contribution < -0.4 is 0 Å². The van der Waals surface area contributed by atoms with Crippen molar-refractivity contribution in [1.29, 1.82) is 0 Å². The van der Waals surface area contributed by atoms with Gasteiger partial charge in [0.05, 0.1) is 0 Å². The van der Waals surface area contributed by atoms with Crippen LogP contribution in [0.15, 0.2) is 72.8 Å². The van der Waals surface area contributed by atoms with Crippen LogP contribution in [0.3, 0.4) is 0 Å². The molecule has 0 spiro atoms. The summed E-state index contributed by atoms with van der Waals surface area (Å²) in [5, 5.41) is 8.51. The Kier molecular flexibility index (Phi) is 19.6. The van der Waals surface area contributed by atoms with E-state index in [-0.39, 0.29) is 0 Å². The summed E-state index contributed by atoms with van der Waals surface area (Å²) < 4.78 is 0. The molecule has 0 saturated carbocycles. The molecule has 188 valence electrons. The number of rotatable bonds is 18. The van der Waals surface area contributed by atoms with E-state index in [4.69, 9.17) is 5.11 Å². The minimum Gasteiger partial charge on any atom is -0.481 e. The standard InChI is InChI=1S/C18H34O2.C14H14/c1-2-3-4-5-6-7-8-9-10-11-12-13-14-15-16-17-18(19)20;1-3-7-13(8-4-1)11-12-14-9-5-2-6-10-14/h9-10H,2-8,11-17H2,1H3,(H,19,20);1-10H,11-12H2/b10-9-;. The predicted molar refractivity (Wildman–Crippen MR) is 147 cm³/mol. The van der Waals surface area contributed by atoms with Crippen molar-refractivity contribution in [1.82, 2.24) is 0 Å². The first-order valence-corrected chi connectivity index (χ1v) is 13.7. The second-order valence-electron chi connectivity index (χ2n) is 9.20.